The predicted octanol–water partition coefficient (Wildman–Crippen LogP) is 5.82. The maximum absolute atomic E-state index is 12.9. The SMILES string of the molecule is CCCCOP(=O)(CP(=O)(OCCC)OCCC)OCCCC. The molecule has 6 nitrogen and oxygen atoms in total. The zero-order chi connectivity index (χ0) is 17.6. The van der Waals surface area contributed by atoms with E-state index in [0.29, 0.717) is 39.3 Å². The van der Waals surface area contributed by atoms with Crippen LogP contribution in [0.1, 0.15) is 66.2 Å². The number of rotatable bonds is 16. The van der Waals surface area contributed by atoms with Crippen molar-refractivity contribution in [3.63, 3.8) is 0 Å². The lowest BCUT2D eigenvalue weighted by atomic mass is 10.4. The average Bonchev–Trinajstić information content (AvgIpc) is 2.52. The summed E-state index contributed by atoms with van der Waals surface area (Å²) in [6, 6.07) is 0. The summed E-state index contributed by atoms with van der Waals surface area (Å²) < 4.78 is 47.5. The molecule has 0 radical (unpaired) electrons. The van der Waals surface area contributed by atoms with Gasteiger partial charge in [-0.1, -0.05) is 40.5 Å². The number of hydrogen-bond acceptors (Lipinski definition) is 6. The molecule has 0 aliphatic rings. The molecule has 0 aromatic rings. The second-order valence-corrected chi connectivity index (χ2v) is 10.0. The molecule has 0 amide bonds. The van der Waals surface area contributed by atoms with Crippen molar-refractivity contribution < 1.29 is 27.2 Å². The first kappa shape index (κ1) is 23.3. The smallest absolute Gasteiger partial charge is 0.308 e. The van der Waals surface area contributed by atoms with Crippen molar-refractivity contribution in [1.29, 1.82) is 0 Å². The molecule has 0 saturated carbocycles. The van der Waals surface area contributed by atoms with Crippen molar-refractivity contribution in [2.75, 3.05) is 32.3 Å². The Morgan fingerprint density at radius 1 is 0.565 bits per heavy atom. The molecule has 0 aromatic carbocycles. The van der Waals surface area contributed by atoms with Crippen LogP contribution in [0.15, 0.2) is 0 Å². The first-order chi connectivity index (χ1) is 10.9. The molecule has 140 valence electrons. The Hall–Kier alpha value is 0.300. The molecule has 0 aliphatic heterocycles. The van der Waals surface area contributed by atoms with E-state index >= 15 is 0 Å². The molecule has 0 saturated heterocycles. The summed E-state index contributed by atoms with van der Waals surface area (Å²) in [5.74, 6) is -0.312. The van der Waals surface area contributed by atoms with Crippen molar-refractivity contribution in [2.45, 2.75) is 66.2 Å². The Labute approximate surface area is 141 Å². The lowest BCUT2D eigenvalue weighted by Crippen LogP contribution is -2.08. The van der Waals surface area contributed by atoms with E-state index in [0.717, 1.165) is 25.7 Å². The molecule has 0 aliphatic carbocycles. The van der Waals surface area contributed by atoms with Crippen LogP contribution >= 0.6 is 15.2 Å². The van der Waals surface area contributed by atoms with Gasteiger partial charge in [0.05, 0.1) is 26.4 Å². The second-order valence-electron chi connectivity index (χ2n) is 5.40. The predicted molar refractivity (Wildman–Crippen MR) is 94.3 cm³/mol. The standard InChI is InChI=1S/C15H34O6P2/c1-5-9-13-20-23(17,21-14-10-6-2)15-22(16,18-11-7-3)19-12-8-4/h5-15H2,1-4H3. The monoisotopic (exact) mass is 372 g/mol. The third-order valence-electron chi connectivity index (χ3n) is 2.90. The summed E-state index contributed by atoms with van der Waals surface area (Å²) in [7, 11) is -6.98. The van der Waals surface area contributed by atoms with Crippen molar-refractivity contribution in [2.24, 2.45) is 0 Å². The second kappa shape index (κ2) is 13.6. The minimum Gasteiger partial charge on any atom is -0.308 e. The Morgan fingerprint density at radius 2 is 0.913 bits per heavy atom. The molecule has 0 bridgehead atoms. The van der Waals surface area contributed by atoms with Crippen LogP contribution in [-0.2, 0) is 27.2 Å². The van der Waals surface area contributed by atoms with Gasteiger partial charge >= 0.3 is 15.2 Å². The molecule has 0 N–H and O–H groups in total. The molecule has 0 unspecified atom stereocenters. The molecule has 0 spiro atoms. The molecule has 0 rings (SSSR count). The van der Waals surface area contributed by atoms with E-state index in [1.165, 1.54) is 0 Å². The average molecular weight is 372 g/mol. The van der Waals surface area contributed by atoms with Crippen LogP contribution in [0.3, 0.4) is 0 Å². The molecular formula is C15H34O6P2. The van der Waals surface area contributed by atoms with Crippen molar-refractivity contribution in [3.05, 3.63) is 0 Å². The molecule has 0 fully saturated rings. The fourth-order valence-corrected chi connectivity index (χ4v) is 6.50. The highest BCUT2D eigenvalue weighted by atomic mass is 31.2. The Morgan fingerprint density at radius 3 is 1.22 bits per heavy atom. The van der Waals surface area contributed by atoms with Gasteiger partial charge in [-0.2, -0.15) is 0 Å². The summed E-state index contributed by atoms with van der Waals surface area (Å²) in [5.41, 5.74) is 0. The van der Waals surface area contributed by atoms with Crippen molar-refractivity contribution >= 4 is 15.2 Å². The van der Waals surface area contributed by atoms with E-state index in [1.54, 1.807) is 0 Å². The quantitative estimate of drug-likeness (QED) is 0.251. The van der Waals surface area contributed by atoms with E-state index in [1.807, 2.05) is 27.7 Å². The molecule has 0 heterocycles. The number of hydrogen-bond donors (Lipinski definition) is 0. The van der Waals surface area contributed by atoms with Gasteiger partial charge in [0.25, 0.3) is 0 Å². The maximum atomic E-state index is 12.9. The molecule has 8 heteroatoms. The van der Waals surface area contributed by atoms with E-state index in [9.17, 15) is 9.13 Å². The Bertz CT molecular complexity index is 349. The first-order valence-electron chi connectivity index (χ1n) is 8.71. The van der Waals surface area contributed by atoms with Gasteiger partial charge in [0.15, 0.2) is 5.90 Å². The zero-order valence-electron chi connectivity index (χ0n) is 15.1. The summed E-state index contributed by atoms with van der Waals surface area (Å²) in [4.78, 5) is 0. The van der Waals surface area contributed by atoms with E-state index in [-0.39, 0.29) is 5.90 Å². The maximum Gasteiger partial charge on any atom is 0.342 e. The van der Waals surface area contributed by atoms with Crippen LogP contribution in [0, 0.1) is 0 Å². The molecular weight excluding hydrogens is 338 g/mol. The van der Waals surface area contributed by atoms with Crippen LogP contribution in [0.25, 0.3) is 0 Å². The Kier molecular flexibility index (Phi) is 13.8. The summed E-state index contributed by atoms with van der Waals surface area (Å²) in [5, 5.41) is 0. The Balaban J connectivity index is 4.92. The zero-order valence-corrected chi connectivity index (χ0v) is 16.9. The van der Waals surface area contributed by atoms with Gasteiger partial charge < -0.3 is 18.1 Å². The molecule has 0 atom stereocenters. The van der Waals surface area contributed by atoms with Crippen LogP contribution in [0.4, 0.5) is 0 Å². The highest BCUT2D eigenvalue weighted by Gasteiger charge is 2.38. The van der Waals surface area contributed by atoms with E-state index in [2.05, 4.69) is 0 Å². The highest BCUT2D eigenvalue weighted by molar-refractivity contribution is 7.71. The van der Waals surface area contributed by atoms with Gasteiger partial charge in [-0.05, 0) is 25.7 Å². The highest BCUT2D eigenvalue weighted by Crippen LogP contribution is 2.64. The van der Waals surface area contributed by atoms with E-state index < -0.39 is 15.2 Å². The van der Waals surface area contributed by atoms with Gasteiger partial charge in [-0.15, -0.1) is 0 Å². The third kappa shape index (κ3) is 11.5. The van der Waals surface area contributed by atoms with Crippen molar-refractivity contribution in [3.8, 4) is 0 Å². The lowest BCUT2D eigenvalue weighted by Gasteiger charge is -2.24. The van der Waals surface area contributed by atoms with Gasteiger partial charge in [0.2, 0.25) is 0 Å². The van der Waals surface area contributed by atoms with Gasteiger partial charge in [0.1, 0.15) is 0 Å². The minimum absolute atomic E-state index is 0.297. The third-order valence-corrected chi connectivity index (χ3v) is 7.98. The summed E-state index contributed by atoms with van der Waals surface area (Å²) >= 11 is 0. The van der Waals surface area contributed by atoms with Gasteiger partial charge in [-0.3, -0.25) is 9.13 Å². The number of unbranched alkanes of at least 4 members (excludes halogenated alkanes) is 2. The fraction of sp³-hybridized carbons (Fsp3) is 1.00. The van der Waals surface area contributed by atoms with Crippen LogP contribution in [0.5, 0.6) is 0 Å². The van der Waals surface area contributed by atoms with Gasteiger partial charge in [0, 0.05) is 0 Å². The topological polar surface area (TPSA) is 71.1 Å². The first-order valence-corrected chi connectivity index (χ1v) is 12.2. The van der Waals surface area contributed by atoms with Crippen molar-refractivity contribution in [1.82, 2.24) is 0 Å². The summed E-state index contributed by atoms with van der Waals surface area (Å²) in [6.45, 7) is 9.11. The normalized spacial score (nSPS) is 12.7. The lowest BCUT2D eigenvalue weighted by molar-refractivity contribution is 0.189. The van der Waals surface area contributed by atoms with Crippen LogP contribution in [-0.4, -0.2) is 32.3 Å². The van der Waals surface area contributed by atoms with Crippen LogP contribution in [0.2, 0.25) is 0 Å². The fourth-order valence-electron chi connectivity index (χ4n) is 1.61. The molecule has 0 aromatic heterocycles. The largest absolute Gasteiger partial charge is 0.342 e. The minimum atomic E-state index is -3.49. The summed E-state index contributed by atoms with van der Waals surface area (Å²) in [6.07, 6.45) is 4.80. The van der Waals surface area contributed by atoms with Crippen LogP contribution < -0.4 is 0 Å². The molecule has 23 heavy (non-hydrogen) atoms. The van der Waals surface area contributed by atoms with E-state index in [4.69, 9.17) is 18.1 Å². The van der Waals surface area contributed by atoms with Gasteiger partial charge in [-0.25, -0.2) is 0 Å².